The molecule has 0 bridgehead atoms. The molecule has 2 aliphatic rings. The number of alkyl carbamates (subject to hydrolysis) is 1. The average Bonchev–Trinajstić information content (AvgIpc) is 3.57. The first kappa shape index (κ1) is 27.4. The molecule has 0 spiro atoms. The van der Waals surface area contributed by atoms with E-state index in [0.717, 1.165) is 27.8 Å². The Labute approximate surface area is 233 Å². The van der Waals surface area contributed by atoms with E-state index >= 15 is 0 Å². The van der Waals surface area contributed by atoms with Crippen LogP contribution in [0.1, 0.15) is 48.8 Å². The summed E-state index contributed by atoms with van der Waals surface area (Å²) in [6.45, 7) is 2.12. The van der Waals surface area contributed by atoms with Gasteiger partial charge >= 0.3 is 12.1 Å². The van der Waals surface area contributed by atoms with E-state index in [9.17, 15) is 19.5 Å². The lowest BCUT2D eigenvalue weighted by molar-refractivity contribution is -0.141. The summed E-state index contributed by atoms with van der Waals surface area (Å²) in [5.74, 6) is -1.87. The molecule has 0 heterocycles. The number of fused-ring (bicyclic) bond motifs is 3. The van der Waals surface area contributed by atoms with E-state index in [-0.39, 0.29) is 25.2 Å². The van der Waals surface area contributed by atoms with Crippen LogP contribution >= 0.6 is 0 Å². The summed E-state index contributed by atoms with van der Waals surface area (Å²) < 4.78 is 11.7. The SMILES string of the molecule is C[C@H](OCc1ccccc1)[C@@H](NC(=O)OCC1c2ccccc2-c2ccccc21)C(=O)NC1CCC(C(=O)O)C1. The molecule has 0 aromatic heterocycles. The number of ether oxygens (including phenoxy) is 2. The van der Waals surface area contributed by atoms with Crippen LogP contribution in [0.15, 0.2) is 78.9 Å². The van der Waals surface area contributed by atoms with Crippen LogP contribution < -0.4 is 10.6 Å². The Morgan fingerprint density at radius 1 is 0.900 bits per heavy atom. The highest BCUT2D eigenvalue weighted by atomic mass is 16.5. The van der Waals surface area contributed by atoms with Crippen molar-refractivity contribution in [3.05, 3.63) is 95.6 Å². The minimum Gasteiger partial charge on any atom is -0.481 e. The molecule has 0 saturated heterocycles. The maximum Gasteiger partial charge on any atom is 0.407 e. The Hall–Kier alpha value is -4.17. The molecule has 3 aromatic carbocycles. The van der Waals surface area contributed by atoms with Gasteiger partial charge in [-0.3, -0.25) is 9.59 Å². The van der Waals surface area contributed by atoms with Gasteiger partial charge in [-0.1, -0.05) is 78.9 Å². The zero-order valence-electron chi connectivity index (χ0n) is 22.4. The van der Waals surface area contributed by atoms with Gasteiger partial charge in [0.2, 0.25) is 5.91 Å². The number of carboxylic acids is 1. The lowest BCUT2D eigenvalue weighted by atomic mass is 9.98. The monoisotopic (exact) mass is 542 g/mol. The molecule has 1 fully saturated rings. The largest absolute Gasteiger partial charge is 0.481 e. The van der Waals surface area contributed by atoms with Gasteiger partial charge in [0, 0.05) is 12.0 Å². The number of amides is 2. The van der Waals surface area contributed by atoms with Gasteiger partial charge in [0.15, 0.2) is 0 Å². The lowest BCUT2D eigenvalue weighted by Gasteiger charge is -2.26. The molecule has 3 aromatic rings. The van der Waals surface area contributed by atoms with E-state index in [1.165, 1.54) is 0 Å². The Bertz CT molecular complexity index is 1310. The zero-order valence-corrected chi connectivity index (χ0v) is 22.4. The first-order valence-electron chi connectivity index (χ1n) is 13.7. The van der Waals surface area contributed by atoms with Crippen LogP contribution in [0.25, 0.3) is 11.1 Å². The summed E-state index contributed by atoms with van der Waals surface area (Å²) in [6, 6.07) is 24.4. The minimum absolute atomic E-state index is 0.108. The lowest BCUT2D eigenvalue weighted by Crippen LogP contribution is -2.55. The third-order valence-electron chi connectivity index (χ3n) is 7.85. The number of aliphatic carboxylic acids is 1. The second kappa shape index (κ2) is 12.3. The second-order valence-electron chi connectivity index (χ2n) is 10.5. The highest BCUT2D eigenvalue weighted by molar-refractivity contribution is 5.86. The highest BCUT2D eigenvalue weighted by Gasteiger charge is 2.35. The van der Waals surface area contributed by atoms with E-state index in [1.54, 1.807) is 6.92 Å². The topological polar surface area (TPSA) is 114 Å². The van der Waals surface area contributed by atoms with E-state index in [2.05, 4.69) is 22.8 Å². The molecular weight excluding hydrogens is 508 g/mol. The number of rotatable bonds is 10. The van der Waals surface area contributed by atoms with Crippen LogP contribution in [-0.4, -0.2) is 47.9 Å². The average molecular weight is 543 g/mol. The molecule has 0 radical (unpaired) electrons. The van der Waals surface area contributed by atoms with Crippen molar-refractivity contribution >= 4 is 18.0 Å². The molecule has 8 heteroatoms. The standard InChI is InChI=1S/C32H34N2O6/c1-20(39-18-21-9-3-2-4-10-21)29(30(35)33-23-16-15-22(17-23)31(36)37)34-32(38)40-19-28-26-13-7-5-11-24(26)25-12-6-8-14-27(25)28/h2-14,20,22-23,28-29H,15-19H2,1H3,(H,33,35)(H,34,38)(H,36,37)/t20-,22?,23?,29+/m0/s1. The fourth-order valence-corrected chi connectivity index (χ4v) is 5.69. The van der Waals surface area contributed by atoms with Crippen molar-refractivity contribution in [2.75, 3.05) is 6.61 Å². The van der Waals surface area contributed by atoms with E-state index in [1.807, 2.05) is 66.7 Å². The molecule has 4 atom stereocenters. The van der Waals surface area contributed by atoms with Crippen LogP contribution in [0, 0.1) is 5.92 Å². The van der Waals surface area contributed by atoms with Crippen molar-refractivity contribution in [3.63, 3.8) is 0 Å². The Morgan fingerprint density at radius 2 is 1.52 bits per heavy atom. The van der Waals surface area contributed by atoms with Crippen LogP contribution in [0.3, 0.4) is 0 Å². The van der Waals surface area contributed by atoms with Crippen LogP contribution in [0.4, 0.5) is 4.79 Å². The summed E-state index contributed by atoms with van der Waals surface area (Å²) in [6.07, 6.45) is 0.0481. The van der Waals surface area contributed by atoms with Gasteiger partial charge in [0.05, 0.1) is 18.6 Å². The number of hydrogen-bond donors (Lipinski definition) is 3. The number of carbonyl (C=O) groups excluding carboxylic acids is 2. The second-order valence-corrected chi connectivity index (χ2v) is 10.5. The van der Waals surface area contributed by atoms with Gasteiger partial charge in [0.25, 0.3) is 0 Å². The summed E-state index contributed by atoms with van der Waals surface area (Å²) in [5.41, 5.74) is 5.39. The quantitative estimate of drug-likeness (QED) is 0.337. The van der Waals surface area contributed by atoms with Crippen molar-refractivity contribution in [1.82, 2.24) is 10.6 Å². The van der Waals surface area contributed by atoms with Crippen molar-refractivity contribution in [3.8, 4) is 11.1 Å². The predicted molar refractivity (Wildman–Crippen MR) is 150 cm³/mol. The van der Waals surface area contributed by atoms with E-state index in [0.29, 0.717) is 19.3 Å². The van der Waals surface area contributed by atoms with E-state index in [4.69, 9.17) is 9.47 Å². The zero-order chi connectivity index (χ0) is 28.1. The third-order valence-corrected chi connectivity index (χ3v) is 7.85. The number of benzene rings is 3. The first-order valence-corrected chi connectivity index (χ1v) is 13.7. The molecule has 40 heavy (non-hydrogen) atoms. The molecule has 208 valence electrons. The van der Waals surface area contributed by atoms with Crippen molar-refractivity contribution < 1.29 is 29.0 Å². The molecule has 0 aliphatic heterocycles. The predicted octanol–water partition coefficient (Wildman–Crippen LogP) is 4.87. The van der Waals surface area contributed by atoms with Crippen molar-refractivity contribution in [2.24, 2.45) is 5.92 Å². The maximum atomic E-state index is 13.3. The first-order chi connectivity index (χ1) is 19.4. The maximum absolute atomic E-state index is 13.3. The molecule has 8 nitrogen and oxygen atoms in total. The summed E-state index contributed by atoms with van der Waals surface area (Å²) in [7, 11) is 0. The number of nitrogens with one attached hydrogen (secondary N) is 2. The number of carbonyl (C=O) groups is 3. The molecular formula is C32H34N2O6. The third kappa shape index (κ3) is 6.18. The Kier molecular flexibility index (Phi) is 8.45. The van der Waals surface area contributed by atoms with Gasteiger partial charge in [-0.15, -0.1) is 0 Å². The fraction of sp³-hybridized carbons (Fsp3) is 0.344. The summed E-state index contributed by atoms with van der Waals surface area (Å²) >= 11 is 0. The Morgan fingerprint density at radius 3 is 2.15 bits per heavy atom. The molecule has 2 unspecified atom stereocenters. The van der Waals surface area contributed by atoms with E-state index < -0.39 is 36.0 Å². The van der Waals surface area contributed by atoms with Crippen LogP contribution in [0.2, 0.25) is 0 Å². The van der Waals surface area contributed by atoms with Crippen molar-refractivity contribution in [1.29, 1.82) is 0 Å². The summed E-state index contributed by atoms with van der Waals surface area (Å²) in [5, 5.41) is 15.0. The molecule has 3 N–H and O–H groups in total. The summed E-state index contributed by atoms with van der Waals surface area (Å²) in [4.78, 5) is 37.8. The molecule has 2 amide bonds. The van der Waals surface area contributed by atoms with Gasteiger partial charge in [-0.05, 0) is 54.0 Å². The smallest absolute Gasteiger partial charge is 0.407 e. The highest BCUT2D eigenvalue weighted by Crippen LogP contribution is 2.44. The van der Waals surface area contributed by atoms with Gasteiger partial charge in [-0.25, -0.2) is 4.79 Å². The van der Waals surface area contributed by atoms with Gasteiger partial charge < -0.3 is 25.2 Å². The fourth-order valence-electron chi connectivity index (χ4n) is 5.69. The van der Waals surface area contributed by atoms with Gasteiger partial charge in [0.1, 0.15) is 12.6 Å². The minimum atomic E-state index is -1.02. The molecule has 1 saturated carbocycles. The van der Waals surface area contributed by atoms with Gasteiger partial charge in [-0.2, -0.15) is 0 Å². The molecule has 2 aliphatic carbocycles. The molecule has 5 rings (SSSR count). The normalized spacial score (nSPS) is 19.2. The Balaban J connectivity index is 1.25. The number of carboxylic acid groups (broad SMARTS) is 1. The van der Waals surface area contributed by atoms with Crippen molar-refractivity contribution in [2.45, 2.75) is 56.9 Å². The van der Waals surface area contributed by atoms with Crippen LogP contribution in [-0.2, 0) is 25.7 Å². The van der Waals surface area contributed by atoms with Crippen LogP contribution in [0.5, 0.6) is 0 Å². The number of hydrogen-bond acceptors (Lipinski definition) is 5.